The minimum Gasteiger partial charge on any atom is -0.465 e. The summed E-state index contributed by atoms with van der Waals surface area (Å²) in [6.07, 6.45) is 4.39. The predicted octanol–water partition coefficient (Wildman–Crippen LogP) is 1.08. The highest BCUT2D eigenvalue weighted by molar-refractivity contribution is 5.81. The number of fused-ring (bicyclic) bond motifs is 2. The first kappa shape index (κ1) is 9.00. The van der Waals surface area contributed by atoms with Gasteiger partial charge in [-0.15, -0.1) is 0 Å². The fraction of sp³-hybridized carbons (Fsp3) is 0.900. The second-order valence-electron chi connectivity index (χ2n) is 4.15. The minimum atomic E-state index is -0.307. The average Bonchev–Trinajstić information content (AvgIpc) is 2.44. The number of hydrogen-bond acceptors (Lipinski definition) is 3. The normalized spacial score (nSPS) is 37.5. The van der Waals surface area contributed by atoms with E-state index in [2.05, 4.69) is 5.32 Å². The monoisotopic (exact) mass is 183 g/mol. The van der Waals surface area contributed by atoms with E-state index in [1.54, 1.807) is 0 Å². The van der Waals surface area contributed by atoms with Gasteiger partial charge in [0.1, 0.15) is 5.54 Å². The Hall–Kier alpha value is -0.570. The topological polar surface area (TPSA) is 38.3 Å². The third-order valence-corrected chi connectivity index (χ3v) is 3.25. The van der Waals surface area contributed by atoms with Gasteiger partial charge in [0.25, 0.3) is 0 Å². The number of esters is 1. The van der Waals surface area contributed by atoms with Crippen LogP contribution in [0.4, 0.5) is 0 Å². The second kappa shape index (κ2) is 3.29. The molecule has 13 heavy (non-hydrogen) atoms. The largest absolute Gasteiger partial charge is 0.465 e. The summed E-state index contributed by atoms with van der Waals surface area (Å²) in [5, 5.41) is 3.34. The van der Waals surface area contributed by atoms with Gasteiger partial charge >= 0.3 is 5.97 Å². The highest BCUT2D eigenvalue weighted by atomic mass is 16.5. The van der Waals surface area contributed by atoms with Crippen molar-refractivity contribution in [2.45, 2.75) is 38.1 Å². The molecule has 2 rings (SSSR count). The van der Waals surface area contributed by atoms with Crippen molar-refractivity contribution >= 4 is 5.97 Å². The molecule has 1 heterocycles. The van der Waals surface area contributed by atoms with Crippen molar-refractivity contribution in [3.63, 3.8) is 0 Å². The molecule has 2 aliphatic rings. The van der Waals surface area contributed by atoms with Crippen LogP contribution in [0.2, 0.25) is 0 Å². The molecule has 1 aliphatic heterocycles. The van der Waals surface area contributed by atoms with Gasteiger partial charge in [-0.25, -0.2) is 0 Å². The Kier molecular flexibility index (Phi) is 2.28. The summed E-state index contributed by atoms with van der Waals surface area (Å²) in [6, 6.07) is 0. The maximum Gasteiger partial charge on any atom is 0.326 e. The summed E-state index contributed by atoms with van der Waals surface area (Å²) in [5.41, 5.74) is -0.307. The number of hydrogen-bond donors (Lipinski definition) is 1. The molecule has 1 saturated heterocycles. The molecule has 74 valence electrons. The summed E-state index contributed by atoms with van der Waals surface area (Å²) < 4.78 is 5.10. The average molecular weight is 183 g/mol. The van der Waals surface area contributed by atoms with Crippen LogP contribution in [0.25, 0.3) is 0 Å². The van der Waals surface area contributed by atoms with Gasteiger partial charge in [0.2, 0.25) is 0 Å². The zero-order valence-corrected chi connectivity index (χ0v) is 8.14. The zero-order chi connectivity index (χ0) is 9.31. The van der Waals surface area contributed by atoms with Crippen LogP contribution < -0.4 is 5.32 Å². The molecule has 2 bridgehead atoms. The Morgan fingerprint density at radius 3 is 3.31 bits per heavy atom. The molecular formula is C10H17NO2. The van der Waals surface area contributed by atoms with Crippen LogP contribution in [0.5, 0.6) is 0 Å². The third kappa shape index (κ3) is 1.46. The summed E-state index contributed by atoms with van der Waals surface area (Å²) in [7, 11) is 0. The van der Waals surface area contributed by atoms with Crippen molar-refractivity contribution in [1.82, 2.24) is 5.32 Å². The van der Waals surface area contributed by atoms with Crippen LogP contribution in [0.15, 0.2) is 0 Å². The maximum atomic E-state index is 11.7. The van der Waals surface area contributed by atoms with Crippen molar-refractivity contribution < 1.29 is 9.53 Å². The molecule has 0 radical (unpaired) electrons. The first-order chi connectivity index (χ1) is 6.27. The Bertz CT molecular complexity index is 213. The number of carbonyl (C=O) groups excluding carboxylic acids is 1. The standard InChI is InChI=1S/C10H17NO2/c1-2-13-9(12)10-5-3-4-8(6-10)7-11-10/h8,11H,2-7H2,1H3/t8-,10+/m1/s1. The molecule has 0 aromatic heterocycles. The van der Waals surface area contributed by atoms with Gasteiger partial charge in [0.05, 0.1) is 6.61 Å². The molecule has 2 fully saturated rings. The van der Waals surface area contributed by atoms with Gasteiger partial charge in [0, 0.05) is 0 Å². The van der Waals surface area contributed by atoms with Crippen molar-refractivity contribution in [2.75, 3.05) is 13.2 Å². The molecule has 1 saturated carbocycles. The Labute approximate surface area is 78.8 Å². The molecule has 0 aromatic carbocycles. The number of rotatable bonds is 2. The lowest BCUT2D eigenvalue weighted by Gasteiger charge is -2.30. The van der Waals surface area contributed by atoms with Crippen LogP contribution in [-0.4, -0.2) is 24.7 Å². The quantitative estimate of drug-likeness (QED) is 0.651. The lowest BCUT2D eigenvalue weighted by Crippen LogP contribution is -2.49. The Balaban J connectivity index is 2.06. The number of ether oxygens (including phenoxy) is 1. The number of carbonyl (C=O) groups is 1. The summed E-state index contributed by atoms with van der Waals surface area (Å²) in [5.74, 6) is 0.676. The van der Waals surface area contributed by atoms with Crippen LogP contribution >= 0.6 is 0 Å². The van der Waals surface area contributed by atoms with E-state index in [0.717, 1.165) is 25.8 Å². The molecular weight excluding hydrogens is 166 g/mol. The van der Waals surface area contributed by atoms with Crippen LogP contribution in [0.3, 0.4) is 0 Å². The lowest BCUT2D eigenvalue weighted by atomic mass is 9.80. The molecule has 1 N–H and O–H groups in total. The van der Waals surface area contributed by atoms with Crippen molar-refractivity contribution in [1.29, 1.82) is 0 Å². The van der Waals surface area contributed by atoms with Gasteiger partial charge in [-0.3, -0.25) is 4.79 Å². The van der Waals surface area contributed by atoms with Crippen molar-refractivity contribution in [3.05, 3.63) is 0 Å². The maximum absolute atomic E-state index is 11.7. The van der Waals surface area contributed by atoms with E-state index in [4.69, 9.17) is 4.74 Å². The van der Waals surface area contributed by atoms with Gasteiger partial charge in [0.15, 0.2) is 0 Å². The van der Waals surface area contributed by atoms with E-state index in [9.17, 15) is 4.79 Å². The van der Waals surface area contributed by atoms with E-state index in [1.807, 2.05) is 6.92 Å². The zero-order valence-electron chi connectivity index (χ0n) is 8.14. The van der Waals surface area contributed by atoms with Crippen LogP contribution in [-0.2, 0) is 9.53 Å². The fourth-order valence-corrected chi connectivity index (χ4v) is 2.59. The molecule has 3 nitrogen and oxygen atoms in total. The van der Waals surface area contributed by atoms with E-state index >= 15 is 0 Å². The SMILES string of the molecule is CCOC(=O)[C@@]12CCC[C@@H](CN1)C2. The van der Waals surface area contributed by atoms with E-state index in [-0.39, 0.29) is 11.5 Å². The van der Waals surface area contributed by atoms with Crippen LogP contribution in [0, 0.1) is 5.92 Å². The molecule has 1 aliphatic carbocycles. The fourth-order valence-electron chi connectivity index (χ4n) is 2.59. The van der Waals surface area contributed by atoms with Gasteiger partial charge < -0.3 is 10.1 Å². The second-order valence-corrected chi connectivity index (χ2v) is 4.15. The van der Waals surface area contributed by atoms with E-state index < -0.39 is 0 Å². The van der Waals surface area contributed by atoms with Gasteiger partial charge in [-0.05, 0) is 38.6 Å². The first-order valence-electron chi connectivity index (χ1n) is 5.19. The van der Waals surface area contributed by atoms with Crippen LogP contribution in [0.1, 0.15) is 32.6 Å². The van der Waals surface area contributed by atoms with Crippen molar-refractivity contribution in [3.8, 4) is 0 Å². The van der Waals surface area contributed by atoms with Gasteiger partial charge in [-0.2, -0.15) is 0 Å². The summed E-state index contributed by atoms with van der Waals surface area (Å²) in [6.45, 7) is 3.36. The summed E-state index contributed by atoms with van der Waals surface area (Å²) in [4.78, 5) is 11.7. The van der Waals surface area contributed by atoms with E-state index in [0.29, 0.717) is 12.5 Å². The molecule has 0 aromatic rings. The van der Waals surface area contributed by atoms with Crippen molar-refractivity contribution in [2.24, 2.45) is 5.92 Å². The lowest BCUT2D eigenvalue weighted by molar-refractivity contribution is -0.151. The molecule has 0 spiro atoms. The minimum absolute atomic E-state index is 0.0304. The predicted molar refractivity (Wildman–Crippen MR) is 49.3 cm³/mol. The van der Waals surface area contributed by atoms with E-state index in [1.165, 1.54) is 6.42 Å². The molecule has 0 unspecified atom stereocenters. The molecule has 3 heteroatoms. The smallest absolute Gasteiger partial charge is 0.326 e. The number of nitrogens with one attached hydrogen (secondary N) is 1. The first-order valence-corrected chi connectivity index (χ1v) is 5.19. The molecule has 0 amide bonds. The Morgan fingerprint density at radius 1 is 1.69 bits per heavy atom. The highest BCUT2D eigenvalue weighted by Gasteiger charge is 2.48. The highest BCUT2D eigenvalue weighted by Crippen LogP contribution is 2.38. The Morgan fingerprint density at radius 2 is 2.54 bits per heavy atom. The summed E-state index contributed by atoms with van der Waals surface area (Å²) >= 11 is 0. The van der Waals surface area contributed by atoms with Gasteiger partial charge in [-0.1, -0.05) is 6.42 Å². The molecule has 2 atom stereocenters. The third-order valence-electron chi connectivity index (χ3n) is 3.25.